The van der Waals surface area contributed by atoms with Gasteiger partial charge in [0.05, 0.1) is 12.2 Å². The van der Waals surface area contributed by atoms with Crippen molar-refractivity contribution in [2.75, 3.05) is 0 Å². The summed E-state index contributed by atoms with van der Waals surface area (Å²) in [5.74, 6) is 0.387. The Kier molecular flexibility index (Phi) is 7.71. The first-order valence-electron chi connectivity index (χ1n) is 13.5. The van der Waals surface area contributed by atoms with Crippen molar-refractivity contribution in [3.8, 4) is 0 Å². The zero-order chi connectivity index (χ0) is 26.0. The van der Waals surface area contributed by atoms with Gasteiger partial charge in [-0.3, -0.25) is 0 Å². The van der Waals surface area contributed by atoms with E-state index < -0.39 is 20.5 Å². The number of aliphatic hydroxyl groups is 2. The van der Waals surface area contributed by atoms with Crippen LogP contribution in [0.5, 0.6) is 0 Å². The summed E-state index contributed by atoms with van der Waals surface area (Å²) in [6.45, 7) is 4.49. The summed E-state index contributed by atoms with van der Waals surface area (Å²) in [5.41, 5.74) is 0. The van der Waals surface area contributed by atoms with E-state index in [-0.39, 0.29) is 16.9 Å². The van der Waals surface area contributed by atoms with E-state index in [2.05, 4.69) is 68.4 Å². The molecule has 4 aromatic rings. The molecule has 194 valence electrons. The second-order valence-corrected chi connectivity index (χ2v) is 16.5. The molecular formula is C32H38O3SSi. The lowest BCUT2D eigenvalue weighted by Gasteiger charge is -2.43. The highest BCUT2D eigenvalue weighted by atomic mass is 32.1. The molecule has 1 aliphatic carbocycles. The molecule has 0 spiro atoms. The van der Waals surface area contributed by atoms with Crippen LogP contribution in [0.15, 0.2) is 91.0 Å². The molecule has 4 atom stereocenters. The maximum atomic E-state index is 12.7. The van der Waals surface area contributed by atoms with Crippen LogP contribution < -0.4 is 10.4 Å². The van der Waals surface area contributed by atoms with Gasteiger partial charge >= 0.3 is 0 Å². The zero-order valence-electron chi connectivity index (χ0n) is 21.8. The fourth-order valence-electron chi connectivity index (χ4n) is 6.42. The molecule has 0 radical (unpaired) electrons. The van der Waals surface area contributed by atoms with Gasteiger partial charge < -0.3 is 15.0 Å². The SMILES string of the molecule is CC(C)(C[C@H](CC[C@@H]1C[C@@H](O)C[C@H]1O)c1cc2ccccc2s1)[Si](O)(c1ccccc1)c1ccccc1. The third-order valence-electron chi connectivity index (χ3n) is 8.48. The van der Waals surface area contributed by atoms with Gasteiger partial charge in [-0.05, 0) is 76.9 Å². The van der Waals surface area contributed by atoms with Gasteiger partial charge in [-0.1, -0.05) is 92.7 Å². The van der Waals surface area contributed by atoms with E-state index in [1.54, 1.807) is 0 Å². The van der Waals surface area contributed by atoms with Crippen LogP contribution in [0.2, 0.25) is 5.04 Å². The molecule has 1 aromatic heterocycles. The van der Waals surface area contributed by atoms with Crippen LogP contribution in [0.25, 0.3) is 10.1 Å². The minimum absolute atomic E-state index is 0.134. The van der Waals surface area contributed by atoms with E-state index in [9.17, 15) is 15.0 Å². The summed E-state index contributed by atoms with van der Waals surface area (Å²) in [5, 5.41) is 23.6. The normalized spacial score (nSPS) is 21.4. The molecule has 1 saturated carbocycles. The number of hydrogen-bond acceptors (Lipinski definition) is 4. The molecule has 0 unspecified atom stereocenters. The fourth-order valence-corrected chi connectivity index (χ4v) is 11.4. The molecule has 1 heterocycles. The Labute approximate surface area is 225 Å². The van der Waals surface area contributed by atoms with E-state index in [0.29, 0.717) is 12.8 Å². The smallest absolute Gasteiger partial charge is 0.258 e. The van der Waals surface area contributed by atoms with Crippen molar-refractivity contribution in [2.45, 2.75) is 69.1 Å². The van der Waals surface area contributed by atoms with Gasteiger partial charge in [-0.2, -0.15) is 0 Å². The van der Waals surface area contributed by atoms with Gasteiger partial charge in [-0.25, -0.2) is 0 Å². The lowest BCUT2D eigenvalue weighted by atomic mass is 9.87. The Morgan fingerprint density at radius 2 is 1.46 bits per heavy atom. The van der Waals surface area contributed by atoms with Crippen LogP contribution >= 0.6 is 11.3 Å². The third kappa shape index (κ3) is 5.34. The molecule has 1 aliphatic rings. The lowest BCUT2D eigenvalue weighted by Crippen LogP contribution is -2.65. The van der Waals surface area contributed by atoms with Gasteiger partial charge in [0.1, 0.15) is 0 Å². The number of hydrogen-bond donors (Lipinski definition) is 3. The van der Waals surface area contributed by atoms with Gasteiger partial charge in [0.25, 0.3) is 8.32 Å². The summed E-state index contributed by atoms with van der Waals surface area (Å²) < 4.78 is 1.29. The average molecular weight is 531 g/mol. The van der Waals surface area contributed by atoms with E-state index >= 15 is 0 Å². The highest BCUT2D eigenvalue weighted by Gasteiger charge is 2.51. The van der Waals surface area contributed by atoms with Crippen molar-refractivity contribution >= 4 is 40.1 Å². The Hall–Kier alpha value is -2.28. The van der Waals surface area contributed by atoms with Crippen molar-refractivity contribution < 1.29 is 15.0 Å². The zero-order valence-corrected chi connectivity index (χ0v) is 23.6. The molecule has 0 aliphatic heterocycles. The largest absolute Gasteiger partial charge is 0.424 e. The van der Waals surface area contributed by atoms with Gasteiger partial charge in [0.2, 0.25) is 0 Å². The quantitative estimate of drug-likeness (QED) is 0.239. The Morgan fingerprint density at radius 1 is 0.865 bits per heavy atom. The molecule has 0 amide bonds. The lowest BCUT2D eigenvalue weighted by molar-refractivity contribution is 0.115. The monoisotopic (exact) mass is 530 g/mol. The maximum absolute atomic E-state index is 12.7. The summed E-state index contributed by atoms with van der Waals surface area (Å²) in [4.78, 5) is 14.1. The molecule has 3 N–H and O–H groups in total. The standard InChI is InChI=1S/C32H38O3SSi/c1-32(2,37(35,27-12-5-3-6-13-27)28-14-7-4-8-15-28)22-25(18-17-23-19-26(33)21-29(23)34)31-20-24-11-9-10-16-30(24)36-31/h3-16,20,23,25-26,29,33-35H,17-19,21-22H2,1-2H3/t23-,25+,26-,29-/m1/s1. The fraction of sp³-hybridized carbons (Fsp3) is 0.375. The van der Waals surface area contributed by atoms with Crippen molar-refractivity contribution in [2.24, 2.45) is 5.92 Å². The molecule has 3 aromatic carbocycles. The van der Waals surface area contributed by atoms with E-state index in [4.69, 9.17) is 0 Å². The second kappa shape index (κ2) is 10.8. The highest BCUT2D eigenvalue weighted by Crippen LogP contribution is 2.48. The van der Waals surface area contributed by atoms with Crippen LogP contribution in [-0.2, 0) is 0 Å². The first-order chi connectivity index (χ1) is 17.8. The van der Waals surface area contributed by atoms with Gasteiger partial charge in [-0.15, -0.1) is 11.3 Å². The highest BCUT2D eigenvalue weighted by molar-refractivity contribution is 7.19. The Bertz CT molecular complexity index is 1230. The minimum atomic E-state index is -3.13. The number of fused-ring (bicyclic) bond motifs is 1. The molecule has 0 bridgehead atoms. The second-order valence-electron chi connectivity index (χ2n) is 11.4. The maximum Gasteiger partial charge on any atom is 0.258 e. The molecular weight excluding hydrogens is 493 g/mol. The predicted octanol–water partition coefficient (Wildman–Crippen LogP) is 5.82. The van der Waals surface area contributed by atoms with Crippen LogP contribution in [0.1, 0.15) is 56.7 Å². The summed E-state index contributed by atoms with van der Waals surface area (Å²) in [6.07, 6.45) is 2.99. The van der Waals surface area contributed by atoms with Crippen LogP contribution in [0, 0.1) is 5.92 Å². The van der Waals surface area contributed by atoms with E-state index in [1.807, 2.05) is 47.7 Å². The minimum Gasteiger partial charge on any atom is -0.424 e. The van der Waals surface area contributed by atoms with E-state index in [0.717, 1.165) is 29.6 Å². The number of rotatable bonds is 9. The van der Waals surface area contributed by atoms with E-state index in [1.165, 1.54) is 15.0 Å². The van der Waals surface area contributed by atoms with Crippen LogP contribution in [0.3, 0.4) is 0 Å². The molecule has 5 heteroatoms. The molecule has 0 saturated heterocycles. The third-order valence-corrected chi connectivity index (χ3v) is 14.3. The predicted molar refractivity (Wildman–Crippen MR) is 157 cm³/mol. The van der Waals surface area contributed by atoms with Crippen molar-refractivity contribution in [3.63, 3.8) is 0 Å². The summed E-state index contributed by atoms with van der Waals surface area (Å²) in [7, 11) is -3.13. The van der Waals surface area contributed by atoms with Crippen LogP contribution in [-0.4, -0.2) is 35.5 Å². The number of thiophene rings is 1. The summed E-state index contributed by atoms with van der Waals surface area (Å²) in [6, 6.07) is 31.4. The topological polar surface area (TPSA) is 60.7 Å². The number of benzene rings is 3. The molecule has 1 fully saturated rings. The van der Waals surface area contributed by atoms with Gasteiger partial charge in [0, 0.05) is 9.58 Å². The molecule has 37 heavy (non-hydrogen) atoms. The van der Waals surface area contributed by atoms with Crippen molar-refractivity contribution in [1.82, 2.24) is 0 Å². The first kappa shape index (κ1) is 26.3. The van der Waals surface area contributed by atoms with Crippen molar-refractivity contribution in [3.05, 3.63) is 95.9 Å². The Balaban J connectivity index is 1.51. The van der Waals surface area contributed by atoms with Crippen LogP contribution in [0.4, 0.5) is 0 Å². The van der Waals surface area contributed by atoms with Gasteiger partial charge in [0.15, 0.2) is 0 Å². The Morgan fingerprint density at radius 3 is 2.03 bits per heavy atom. The number of aliphatic hydroxyl groups excluding tert-OH is 2. The van der Waals surface area contributed by atoms with Crippen molar-refractivity contribution in [1.29, 1.82) is 0 Å². The first-order valence-corrected chi connectivity index (χ1v) is 16.2. The molecule has 5 rings (SSSR count). The average Bonchev–Trinajstić information content (AvgIpc) is 3.48. The summed E-state index contributed by atoms with van der Waals surface area (Å²) >= 11 is 1.85. The molecule has 3 nitrogen and oxygen atoms in total.